The molecular weight excluding hydrogens is 260 g/mol. The lowest BCUT2D eigenvalue weighted by Gasteiger charge is -2.46. The average molecular weight is 290 g/mol. The van der Waals surface area contributed by atoms with Crippen LogP contribution < -0.4 is 5.73 Å². The lowest BCUT2D eigenvalue weighted by Crippen LogP contribution is -2.61. The molecule has 2 atom stereocenters. The van der Waals surface area contributed by atoms with Crippen molar-refractivity contribution < 1.29 is 4.74 Å². The maximum Gasteiger partial charge on any atom is 0.0594 e. The van der Waals surface area contributed by atoms with Crippen LogP contribution in [-0.4, -0.2) is 42.8 Å². The normalized spacial score (nSPS) is 21.0. The van der Waals surface area contributed by atoms with E-state index in [1.807, 2.05) is 0 Å². The second-order valence-corrected chi connectivity index (χ2v) is 6.29. The highest BCUT2D eigenvalue weighted by atomic mass is 16.5. The number of benzene rings is 1. The predicted molar refractivity (Wildman–Crippen MR) is 88.6 cm³/mol. The van der Waals surface area contributed by atoms with Gasteiger partial charge in [-0.1, -0.05) is 38.1 Å². The van der Waals surface area contributed by atoms with Crippen LogP contribution in [0.25, 0.3) is 0 Å². The third-order valence-electron chi connectivity index (χ3n) is 5.13. The molecule has 1 fully saturated rings. The molecule has 2 rings (SSSR count). The highest BCUT2D eigenvalue weighted by Crippen LogP contribution is 2.26. The van der Waals surface area contributed by atoms with E-state index >= 15 is 0 Å². The molecule has 1 aromatic carbocycles. The molecule has 0 bridgehead atoms. The van der Waals surface area contributed by atoms with Gasteiger partial charge in [0.25, 0.3) is 0 Å². The summed E-state index contributed by atoms with van der Waals surface area (Å²) in [6.07, 6.45) is 3.10. The molecule has 2 N–H and O–H groups in total. The second kappa shape index (κ2) is 7.39. The van der Waals surface area contributed by atoms with Crippen molar-refractivity contribution in [1.29, 1.82) is 0 Å². The van der Waals surface area contributed by atoms with Crippen molar-refractivity contribution in [3.8, 4) is 0 Å². The Balaban J connectivity index is 2.05. The summed E-state index contributed by atoms with van der Waals surface area (Å²) in [4.78, 5) is 2.52. The maximum absolute atomic E-state index is 6.61. The molecule has 2 unspecified atom stereocenters. The summed E-state index contributed by atoms with van der Waals surface area (Å²) in [5.41, 5.74) is 9.39. The minimum atomic E-state index is 0.0488. The SMILES string of the molecule is CCc1ccc(CC(N)C(C)(CC)N2CCOCC2)cc1. The van der Waals surface area contributed by atoms with Crippen molar-refractivity contribution in [3.63, 3.8) is 0 Å². The van der Waals surface area contributed by atoms with E-state index in [4.69, 9.17) is 10.5 Å². The summed E-state index contributed by atoms with van der Waals surface area (Å²) >= 11 is 0. The Kier molecular flexibility index (Phi) is 5.80. The smallest absolute Gasteiger partial charge is 0.0594 e. The number of hydrogen-bond acceptors (Lipinski definition) is 3. The molecule has 3 nitrogen and oxygen atoms in total. The van der Waals surface area contributed by atoms with E-state index in [1.54, 1.807) is 0 Å². The van der Waals surface area contributed by atoms with Gasteiger partial charge in [-0.2, -0.15) is 0 Å². The van der Waals surface area contributed by atoms with Gasteiger partial charge in [0.1, 0.15) is 0 Å². The monoisotopic (exact) mass is 290 g/mol. The van der Waals surface area contributed by atoms with E-state index in [0.717, 1.165) is 45.6 Å². The first-order valence-electron chi connectivity index (χ1n) is 8.26. The predicted octanol–water partition coefficient (Wildman–Crippen LogP) is 2.62. The number of rotatable bonds is 6. The summed E-state index contributed by atoms with van der Waals surface area (Å²) in [7, 11) is 0. The van der Waals surface area contributed by atoms with Gasteiger partial charge in [-0.15, -0.1) is 0 Å². The van der Waals surface area contributed by atoms with E-state index in [-0.39, 0.29) is 11.6 Å². The molecule has 21 heavy (non-hydrogen) atoms. The Morgan fingerprint density at radius 1 is 1.14 bits per heavy atom. The molecule has 0 aliphatic carbocycles. The topological polar surface area (TPSA) is 38.5 Å². The van der Waals surface area contributed by atoms with E-state index in [1.165, 1.54) is 11.1 Å². The first-order chi connectivity index (χ1) is 10.1. The number of nitrogens with two attached hydrogens (primary N) is 1. The van der Waals surface area contributed by atoms with E-state index < -0.39 is 0 Å². The molecule has 1 aliphatic heterocycles. The van der Waals surface area contributed by atoms with Gasteiger partial charge in [0, 0.05) is 24.7 Å². The number of hydrogen-bond donors (Lipinski definition) is 1. The van der Waals surface area contributed by atoms with E-state index in [2.05, 4.69) is 49.9 Å². The van der Waals surface area contributed by atoms with Gasteiger partial charge in [0.05, 0.1) is 13.2 Å². The van der Waals surface area contributed by atoms with Crippen LogP contribution >= 0.6 is 0 Å². The van der Waals surface area contributed by atoms with Gasteiger partial charge < -0.3 is 10.5 Å². The van der Waals surface area contributed by atoms with Gasteiger partial charge >= 0.3 is 0 Å². The lowest BCUT2D eigenvalue weighted by molar-refractivity contribution is -0.0272. The number of morpholine rings is 1. The number of aryl methyl sites for hydroxylation is 1. The summed E-state index contributed by atoms with van der Waals surface area (Å²) in [5, 5.41) is 0. The zero-order valence-electron chi connectivity index (χ0n) is 13.8. The largest absolute Gasteiger partial charge is 0.379 e. The van der Waals surface area contributed by atoms with Crippen LogP contribution in [0.5, 0.6) is 0 Å². The minimum absolute atomic E-state index is 0.0488. The van der Waals surface area contributed by atoms with Crippen LogP contribution in [0.2, 0.25) is 0 Å². The van der Waals surface area contributed by atoms with Crippen LogP contribution in [0.4, 0.5) is 0 Å². The second-order valence-electron chi connectivity index (χ2n) is 6.29. The third kappa shape index (κ3) is 3.85. The van der Waals surface area contributed by atoms with Crippen molar-refractivity contribution >= 4 is 0 Å². The molecule has 1 heterocycles. The van der Waals surface area contributed by atoms with Gasteiger partial charge in [0.2, 0.25) is 0 Å². The first kappa shape index (κ1) is 16.5. The summed E-state index contributed by atoms with van der Waals surface area (Å²) in [6.45, 7) is 10.4. The van der Waals surface area contributed by atoms with Crippen molar-refractivity contribution in [3.05, 3.63) is 35.4 Å². The van der Waals surface area contributed by atoms with Crippen LogP contribution in [-0.2, 0) is 17.6 Å². The molecule has 118 valence electrons. The van der Waals surface area contributed by atoms with Crippen molar-refractivity contribution in [2.75, 3.05) is 26.3 Å². The molecule has 1 aliphatic rings. The molecule has 0 saturated carbocycles. The van der Waals surface area contributed by atoms with Gasteiger partial charge in [0.15, 0.2) is 0 Å². The summed E-state index contributed by atoms with van der Waals surface area (Å²) in [6, 6.07) is 9.05. The Morgan fingerprint density at radius 2 is 1.71 bits per heavy atom. The number of ether oxygens (including phenoxy) is 1. The maximum atomic E-state index is 6.61. The van der Waals surface area contributed by atoms with Gasteiger partial charge in [-0.3, -0.25) is 4.90 Å². The molecule has 0 spiro atoms. The van der Waals surface area contributed by atoms with Crippen molar-refractivity contribution in [2.24, 2.45) is 5.73 Å². The first-order valence-corrected chi connectivity index (χ1v) is 8.26. The molecule has 1 aromatic rings. The third-order valence-corrected chi connectivity index (χ3v) is 5.13. The van der Waals surface area contributed by atoms with Crippen LogP contribution in [0.3, 0.4) is 0 Å². The molecule has 1 saturated heterocycles. The Bertz CT molecular complexity index is 425. The average Bonchev–Trinajstić information content (AvgIpc) is 2.55. The molecule has 3 heteroatoms. The highest BCUT2D eigenvalue weighted by Gasteiger charge is 2.36. The Labute approximate surface area is 129 Å². The van der Waals surface area contributed by atoms with Crippen LogP contribution in [0.15, 0.2) is 24.3 Å². The fourth-order valence-corrected chi connectivity index (χ4v) is 3.18. The van der Waals surface area contributed by atoms with E-state index in [0.29, 0.717) is 0 Å². The van der Waals surface area contributed by atoms with Crippen molar-refractivity contribution in [2.45, 2.75) is 51.6 Å². The molecule has 0 amide bonds. The van der Waals surface area contributed by atoms with Crippen LogP contribution in [0.1, 0.15) is 38.3 Å². The number of nitrogens with zero attached hydrogens (tertiary/aromatic N) is 1. The van der Waals surface area contributed by atoms with Crippen LogP contribution in [0, 0.1) is 0 Å². The van der Waals surface area contributed by atoms with Crippen molar-refractivity contribution in [1.82, 2.24) is 4.90 Å². The molecule has 0 aromatic heterocycles. The fourth-order valence-electron chi connectivity index (χ4n) is 3.18. The summed E-state index contributed by atoms with van der Waals surface area (Å²) in [5.74, 6) is 0. The zero-order valence-corrected chi connectivity index (χ0v) is 13.8. The Morgan fingerprint density at radius 3 is 2.24 bits per heavy atom. The van der Waals surface area contributed by atoms with E-state index in [9.17, 15) is 0 Å². The summed E-state index contributed by atoms with van der Waals surface area (Å²) < 4.78 is 5.48. The fraction of sp³-hybridized carbons (Fsp3) is 0.667. The lowest BCUT2D eigenvalue weighted by atomic mass is 9.83. The standard InChI is InChI=1S/C18H30N2O/c1-4-15-6-8-16(9-7-15)14-17(19)18(3,5-2)20-10-12-21-13-11-20/h6-9,17H,4-5,10-14,19H2,1-3H3. The van der Waals surface area contributed by atoms with Gasteiger partial charge in [-0.05, 0) is 37.3 Å². The minimum Gasteiger partial charge on any atom is -0.379 e. The quantitative estimate of drug-likeness (QED) is 0.875. The highest BCUT2D eigenvalue weighted by molar-refractivity contribution is 5.24. The molecular formula is C18H30N2O. The zero-order chi connectivity index (χ0) is 15.3. The van der Waals surface area contributed by atoms with Gasteiger partial charge in [-0.25, -0.2) is 0 Å². The Hall–Kier alpha value is -0.900. The molecule has 0 radical (unpaired) electrons.